The zero-order valence-electron chi connectivity index (χ0n) is 28.9. The van der Waals surface area contributed by atoms with E-state index in [0.29, 0.717) is 23.0 Å². The van der Waals surface area contributed by atoms with E-state index in [0.717, 1.165) is 23.3 Å². The second-order valence-corrected chi connectivity index (χ2v) is 12.5. The van der Waals surface area contributed by atoms with Crippen LogP contribution in [0.5, 0.6) is 40.2 Å². The Hall–Kier alpha value is -7.40. The van der Waals surface area contributed by atoms with Gasteiger partial charge in [0.05, 0.1) is 22.3 Å². The number of esters is 2. The lowest BCUT2D eigenvalue weighted by Gasteiger charge is -2.26. The Bertz CT molecular complexity index is 2330. The van der Waals surface area contributed by atoms with Gasteiger partial charge >= 0.3 is 23.9 Å². The molecule has 3 N–H and O–H groups in total. The molecule has 0 fully saturated rings. The molecule has 54 heavy (non-hydrogen) atoms. The van der Waals surface area contributed by atoms with Gasteiger partial charge in [-0.2, -0.15) is 0 Å². The number of aromatic hydroxyl groups is 1. The highest BCUT2D eigenvalue weighted by Crippen LogP contribution is 2.35. The van der Waals surface area contributed by atoms with Crippen molar-refractivity contribution >= 4 is 23.9 Å². The summed E-state index contributed by atoms with van der Waals surface area (Å²) in [5.41, 5.74) is 0.957. The normalized spacial score (nSPS) is 10.9. The van der Waals surface area contributed by atoms with Crippen LogP contribution in [-0.4, -0.2) is 39.2 Å². The quantitative estimate of drug-likeness (QED) is 0.0814. The molecule has 0 aliphatic heterocycles. The predicted molar refractivity (Wildman–Crippen MR) is 196 cm³/mol. The Labute approximate surface area is 309 Å². The number of hydrogen-bond donors (Lipinski definition) is 3. The van der Waals surface area contributed by atoms with E-state index < -0.39 is 23.9 Å². The standard InChI is InChI=1S/C43H32O11/c1-43(2,26-7-12-29(13-8-26)51-31-16-20-33(21-17-31)53-41(49)37-6-4-3-5-35(37)39(45)46)27-9-14-30(15-10-27)52-32-18-22-34(23-19-32)54-42(50)38-25-28(44)11-24-36(38)40(47)48/h3-25,44H,1-2H3,(H,45,46)(H,47,48). The number of phenolic OH excluding ortho intramolecular Hbond substituents is 1. The van der Waals surface area contributed by atoms with Crippen LogP contribution in [0.3, 0.4) is 0 Å². The predicted octanol–water partition coefficient (Wildman–Crippen LogP) is 9.14. The van der Waals surface area contributed by atoms with Crippen LogP contribution in [0.4, 0.5) is 0 Å². The molecule has 0 amide bonds. The SMILES string of the molecule is CC(C)(c1ccc(Oc2ccc(OC(=O)c3ccccc3C(=O)O)cc2)cc1)c1ccc(Oc2ccc(OC(=O)c3cc(O)ccc3C(=O)O)cc2)cc1. The van der Waals surface area contributed by atoms with E-state index in [1.54, 1.807) is 42.5 Å². The first kappa shape index (κ1) is 36.4. The number of carbonyl (C=O) groups excluding carboxylic acids is 2. The van der Waals surface area contributed by atoms with Crippen molar-refractivity contribution in [1.82, 2.24) is 0 Å². The van der Waals surface area contributed by atoms with Gasteiger partial charge in [-0.1, -0.05) is 50.2 Å². The smallest absolute Gasteiger partial charge is 0.344 e. The van der Waals surface area contributed by atoms with Crippen LogP contribution >= 0.6 is 0 Å². The summed E-state index contributed by atoms with van der Waals surface area (Å²) in [7, 11) is 0. The summed E-state index contributed by atoms with van der Waals surface area (Å²) in [6.45, 7) is 4.20. The molecular weight excluding hydrogens is 692 g/mol. The second-order valence-electron chi connectivity index (χ2n) is 12.5. The molecule has 0 spiro atoms. The van der Waals surface area contributed by atoms with Gasteiger partial charge in [0.2, 0.25) is 0 Å². The molecule has 0 saturated heterocycles. The number of carboxylic acid groups (broad SMARTS) is 2. The van der Waals surface area contributed by atoms with Crippen LogP contribution in [0, 0.1) is 0 Å². The zero-order chi connectivity index (χ0) is 38.4. The lowest BCUT2D eigenvalue weighted by molar-refractivity contribution is 0.0666. The zero-order valence-corrected chi connectivity index (χ0v) is 28.9. The molecule has 0 atom stereocenters. The summed E-state index contributed by atoms with van der Waals surface area (Å²) in [5, 5.41) is 28.4. The van der Waals surface area contributed by atoms with Gasteiger partial charge in [0.1, 0.15) is 40.2 Å². The van der Waals surface area contributed by atoms with E-state index in [9.17, 15) is 34.5 Å². The third kappa shape index (κ3) is 8.38. The minimum Gasteiger partial charge on any atom is -0.508 e. The lowest BCUT2D eigenvalue weighted by atomic mass is 9.78. The maximum Gasteiger partial charge on any atom is 0.344 e. The van der Waals surface area contributed by atoms with Crippen molar-refractivity contribution in [3.8, 4) is 40.2 Å². The van der Waals surface area contributed by atoms with Gasteiger partial charge in [-0.05, 0) is 114 Å². The highest BCUT2D eigenvalue weighted by atomic mass is 16.5. The summed E-state index contributed by atoms with van der Waals surface area (Å²) >= 11 is 0. The molecule has 6 aromatic rings. The number of benzene rings is 6. The van der Waals surface area contributed by atoms with Crippen LogP contribution in [-0.2, 0) is 5.41 Å². The molecule has 0 radical (unpaired) electrons. The Morgan fingerprint density at radius 3 is 1.22 bits per heavy atom. The Morgan fingerprint density at radius 1 is 0.444 bits per heavy atom. The minimum atomic E-state index is -1.32. The molecule has 0 aromatic heterocycles. The van der Waals surface area contributed by atoms with E-state index in [2.05, 4.69) is 13.8 Å². The molecule has 11 heteroatoms. The topological polar surface area (TPSA) is 166 Å². The van der Waals surface area contributed by atoms with Gasteiger partial charge in [0.25, 0.3) is 0 Å². The molecule has 6 rings (SSSR count). The first-order valence-corrected chi connectivity index (χ1v) is 16.5. The van der Waals surface area contributed by atoms with Gasteiger partial charge in [-0.3, -0.25) is 0 Å². The average molecular weight is 725 g/mol. The third-order valence-corrected chi connectivity index (χ3v) is 8.52. The summed E-state index contributed by atoms with van der Waals surface area (Å²) < 4.78 is 22.7. The summed E-state index contributed by atoms with van der Waals surface area (Å²) in [6.07, 6.45) is 0. The van der Waals surface area contributed by atoms with Gasteiger partial charge < -0.3 is 34.3 Å². The van der Waals surface area contributed by atoms with Crippen LogP contribution in [0.2, 0.25) is 0 Å². The molecule has 0 aliphatic rings. The van der Waals surface area contributed by atoms with Crippen LogP contribution < -0.4 is 18.9 Å². The highest BCUT2D eigenvalue weighted by molar-refractivity contribution is 6.04. The molecule has 0 saturated carbocycles. The van der Waals surface area contributed by atoms with Gasteiger partial charge in [0.15, 0.2) is 0 Å². The monoisotopic (exact) mass is 724 g/mol. The van der Waals surface area contributed by atoms with Crippen molar-refractivity contribution in [3.05, 3.63) is 173 Å². The number of aromatic carboxylic acids is 2. The number of carbonyl (C=O) groups is 4. The summed E-state index contributed by atoms with van der Waals surface area (Å²) in [6, 6.07) is 37.2. The van der Waals surface area contributed by atoms with Crippen molar-refractivity contribution in [2.75, 3.05) is 0 Å². The fraction of sp³-hybridized carbons (Fsp3) is 0.0698. The fourth-order valence-corrected chi connectivity index (χ4v) is 5.53. The first-order chi connectivity index (χ1) is 25.9. The largest absolute Gasteiger partial charge is 0.508 e. The van der Waals surface area contributed by atoms with Crippen molar-refractivity contribution in [3.63, 3.8) is 0 Å². The molecule has 0 bridgehead atoms. The summed E-state index contributed by atoms with van der Waals surface area (Å²) in [4.78, 5) is 48.1. The number of ether oxygens (including phenoxy) is 4. The van der Waals surface area contributed by atoms with Gasteiger partial charge in [0, 0.05) is 5.41 Å². The minimum absolute atomic E-state index is 0.0446. The molecule has 11 nitrogen and oxygen atoms in total. The maximum atomic E-state index is 12.6. The Morgan fingerprint density at radius 2 is 0.796 bits per heavy atom. The molecule has 0 unspecified atom stereocenters. The van der Waals surface area contributed by atoms with Gasteiger partial charge in [-0.15, -0.1) is 0 Å². The van der Waals surface area contributed by atoms with Crippen molar-refractivity contribution < 1.29 is 53.4 Å². The maximum absolute atomic E-state index is 12.6. The van der Waals surface area contributed by atoms with E-state index in [1.807, 2.05) is 48.5 Å². The number of phenols is 1. The number of hydrogen-bond acceptors (Lipinski definition) is 9. The lowest BCUT2D eigenvalue weighted by Crippen LogP contribution is -2.18. The Balaban J connectivity index is 1.04. The number of rotatable bonds is 12. The average Bonchev–Trinajstić information content (AvgIpc) is 3.16. The van der Waals surface area contributed by atoms with Crippen molar-refractivity contribution in [2.24, 2.45) is 0 Å². The molecule has 0 heterocycles. The van der Waals surface area contributed by atoms with Crippen molar-refractivity contribution in [2.45, 2.75) is 19.3 Å². The van der Waals surface area contributed by atoms with E-state index in [-0.39, 0.29) is 44.9 Å². The Kier molecular flexibility index (Phi) is 10.4. The van der Waals surface area contributed by atoms with Crippen LogP contribution in [0.1, 0.15) is 66.4 Å². The van der Waals surface area contributed by atoms with Crippen LogP contribution in [0.15, 0.2) is 140 Å². The van der Waals surface area contributed by atoms with E-state index >= 15 is 0 Å². The van der Waals surface area contributed by atoms with E-state index in [4.69, 9.17) is 18.9 Å². The van der Waals surface area contributed by atoms with Crippen LogP contribution in [0.25, 0.3) is 0 Å². The number of carboxylic acids is 2. The fourth-order valence-electron chi connectivity index (χ4n) is 5.53. The molecular formula is C43H32O11. The highest BCUT2D eigenvalue weighted by Gasteiger charge is 2.24. The molecule has 270 valence electrons. The molecule has 0 aliphatic carbocycles. The first-order valence-electron chi connectivity index (χ1n) is 16.5. The van der Waals surface area contributed by atoms with Crippen molar-refractivity contribution in [1.29, 1.82) is 0 Å². The van der Waals surface area contributed by atoms with Gasteiger partial charge in [-0.25, -0.2) is 19.2 Å². The summed E-state index contributed by atoms with van der Waals surface area (Å²) in [5.74, 6) is -1.91. The second kappa shape index (κ2) is 15.5. The third-order valence-electron chi connectivity index (χ3n) is 8.52. The molecule has 6 aromatic carbocycles. The van der Waals surface area contributed by atoms with E-state index in [1.165, 1.54) is 36.4 Å².